The lowest BCUT2D eigenvalue weighted by Crippen LogP contribution is -2.49. The van der Waals surface area contributed by atoms with E-state index in [1.165, 1.54) is 66.9 Å². The van der Waals surface area contributed by atoms with Crippen LogP contribution in [0.4, 0.5) is 0 Å². The summed E-state index contributed by atoms with van der Waals surface area (Å²) in [7, 11) is 0. The number of hydrogen-bond acceptors (Lipinski definition) is 2. The van der Waals surface area contributed by atoms with Crippen molar-refractivity contribution in [2.75, 3.05) is 0 Å². The lowest BCUT2D eigenvalue weighted by Gasteiger charge is -2.31. The first kappa shape index (κ1) is 40.9. The Bertz CT molecular complexity index is 3100. The molecule has 6 heterocycles. The van der Waals surface area contributed by atoms with Crippen molar-refractivity contribution < 1.29 is 13.6 Å². The number of rotatable bonds is 5. The molecule has 63 heavy (non-hydrogen) atoms. The summed E-state index contributed by atoms with van der Waals surface area (Å²) < 4.78 is 12.2. The molecule has 10 rings (SSSR count). The SMILES string of the molecule is C=C1CC2c3ccccc3-c3ccc(C)c[n+]3C2CCc2ccc3c(oc4nc(-c5c(C(C)C)ccc(-c6ccccc6)c5C(C)C)ccc43)c2-c2cc(C)c(CC(C)(C)C)c[n+]21. The molecule has 316 valence electrons. The summed E-state index contributed by atoms with van der Waals surface area (Å²) in [5.41, 5.74) is 21.7. The molecular formula is C59H61N3O+2. The number of pyridine rings is 3. The van der Waals surface area contributed by atoms with Crippen LogP contribution in [0.5, 0.6) is 0 Å². The second kappa shape index (κ2) is 15.6. The third kappa shape index (κ3) is 7.12. The largest absolute Gasteiger partial charge is 0.437 e. The van der Waals surface area contributed by atoms with Crippen LogP contribution in [0.2, 0.25) is 0 Å². The van der Waals surface area contributed by atoms with E-state index in [9.17, 15) is 0 Å². The predicted molar refractivity (Wildman–Crippen MR) is 261 cm³/mol. The standard InChI is InChI=1S/C59H61N3O/c1-35(2)43-24-25-44(40-16-12-11-13-17-40)54(36(3)4)56(43)50-27-26-48-47-23-21-41-22-29-52-49(45-18-14-15-19-46(45)51-28-20-37(5)33-62(51)52)31-39(7)61-34-42(32-59(8,9)10)38(6)30-53(61)55(41)57(47)63-58(48)60-50/h11-21,23-28,30,33-36,49,52H,7,22,29,31-32H2,1-6,8-10H3/q+2. The van der Waals surface area contributed by atoms with E-state index >= 15 is 0 Å². The fraction of sp³-hybridized carbons (Fsp3) is 0.305. The first-order chi connectivity index (χ1) is 30.3. The van der Waals surface area contributed by atoms with Crippen molar-refractivity contribution >= 4 is 27.8 Å². The van der Waals surface area contributed by atoms with Crippen molar-refractivity contribution in [2.45, 2.75) is 112 Å². The van der Waals surface area contributed by atoms with Crippen LogP contribution in [-0.4, -0.2) is 4.98 Å². The molecule has 0 aliphatic carbocycles. The van der Waals surface area contributed by atoms with Gasteiger partial charge in [-0.1, -0.05) is 121 Å². The normalized spacial score (nSPS) is 16.2. The Kier molecular flexibility index (Phi) is 10.1. The Morgan fingerprint density at radius 3 is 2.29 bits per heavy atom. The minimum absolute atomic E-state index is 0.126. The van der Waals surface area contributed by atoms with Crippen LogP contribution in [0, 0.1) is 19.3 Å². The molecular weight excluding hydrogens is 767 g/mol. The Labute approximate surface area is 374 Å². The van der Waals surface area contributed by atoms with Gasteiger partial charge in [0.15, 0.2) is 29.7 Å². The molecule has 4 aromatic carbocycles. The number of furan rings is 1. The lowest BCUT2D eigenvalue weighted by molar-refractivity contribution is -0.719. The van der Waals surface area contributed by atoms with Crippen molar-refractivity contribution in [1.82, 2.24) is 4.98 Å². The molecule has 2 aliphatic rings. The fourth-order valence-corrected chi connectivity index (χ4v) is 11.0. The number of aryl methyl sites for hydroxylation is 3. The molecule has 4 nitrogen and oxygen atoms in total. The monoisotopic (exact) mass is 827 g/mol. The van der Waals surface area contributed by atoms with Gasteiger partial charge in [0.05, 0.1) is 17.2 Å². The topological polar surface area (TPSA) is 33.8 Å². The van der Waals surface area contributed by atoms with Gasteiger partial charge in [0.1, 0.15) is 0 Å². The number of benzene rings is 4. The van der Waals surface area contributed by atoms with E-state index < -0.39 is 0 Å². The van der Waals surface area contributed by atoms with Crippen LogP contribution in [0.25, 0.3) is 72.7 Å². The van der Waals surface area contributed by atoms with Gasteiger partial charge in [0, 0.05) is 58.0 Å². The van der Waals surface area contributed by atoms with Crippen molar-refractivity contribution in [1.29, 1.82) is 0 Å². The zero-order chi connectivity index (χ0) is 43.9. The highest BCUT2D eigenvalue weighted by molar-refractivity contribution is 6.09. The molecule has 8 aromatic rings. The van der Waals surface area contributed by atoms with E-state index in [1.807, 2.05) is 0 Å². The number of aromatic nitrogens is 3. The molecule has 2 atom stereocenters. The van der Waals surface area contributed by atoms with Gasteiger partial charge >= 0.3 is 0 Å². The van der Waals surface area contributed by atoms with Gasteiger partial charge in [-0.3, -0.25) is 0 Å². The molecule has 4 aromatic heterocycles. The quantitative estimate of drug-likeness (QED) is 0.162. The third-order valence-corrected chi connectivity index (χ3v) is 13.9. The molecule has 2 unspecified atom stereocenters. The van der Waals surface area contributed by atoms with Crippen molar-refractivity contribution in [3.8, 4) is 44.9 Å². The molecule has 0 N–H and O–H groups in total. The zero-order valence-corrected chi connectivity index (χ0v) is 38.6. The summed E-state index contributed by atoms with van der Waals surface area (Å²) in [5, 5.41) is 2.14. The Morgan fingerprint density at radius 2 is 1.52 bits per heavy atom. The zero-order valence-electron chi connectivity index (χ0n) is 38.6. The third-order valence-electron chi connectivity index (χ3n) is 13.9. The highest BCUT2D eigenvalue weighted by Gasteiger charge is 2.43. The second-order valence-electron chi connectivity index (χ2n) is 20.3. The number of hydrogen-bond donors (Lipinski definition) is 0. The van der Waals surface area contributed by atoms with Crippen LogP contribution in [0.1, 0.15) is 124 Å². The molecule has 2 aliphatic heterocycles. The van der Waals surface area contributed by atoms with Crippen molar-refractivity contribution in [3.63, 3.8) is 0 Å². The van der Waals surface area contributed by atoms with Crippen LogP contribution in [0.3, 0.4) is 0 Å². The minimum Gasteiger partial charge on any atom is -0.437 e. The van der Waals surface area contributed by atoms with E-state index in [0.29, 0.717) is 11.6 Å². The second-order valence-corrected chi connectivity index (χ2v) is 20.3. The minimum atomic E-state index is 0.126. The van der Waals surface area contributed by atoms with Gasteiger partial charge in [0.25, 0.3) is 0 Å². The smallest absolute Gasteiger partial charge is 0.227 e. The molecule has 0 spiro atoms. The number of fused-ring (bicyclic) bond motifs is 13. The Hall–Kier alpha value is -6.13. The summed E-state index contributed by atoms with van der Waals surface area (Å²) in [6.45, 7) is 25.6. The Balaban J connectivity index is 1.20. The van der Waals surface area contributed by atoms with Gasteiger partial charge in [-0.25, -0.2) is 4.98 Å². The van der Waals surface area contributed by atoms with Crippen LogP contribution >= 0.6 is 0 Å². The van der Waals surface area contributed by atoms with Gasteiger partial charge in [-0.15, -0.1) is 0 Å². The van der Waals surface area contributed by atoms with Gasteiger partial charge < -0.3 is 4.42 Å². The average molecular weight is 828 g/mol. The molecule has 0 radical (unpaired) electrons. The Morgan fingerprint density at radius 1 is 0.762 bits per heavy atom. The predicted octanol–water partition coefficient (Wildman–Crippen LogP) is 14.8. The van der Waals surface area contributed by atoms with Gasteiger partial charge in [0.2, 0.25) is 17.1 Å². The van der Waals surface area contributed by atoms with Gasteiger partial charge in [-0.05, 0) is 114 Å². The van der Waals surface area contributed by atoms with Crippen molar-refractivity contribution in [2.24, 2.45) is 5.41 Å². The summed E-state index contributed by atoms with van der Waals surface area (Å²) in [6.07, 6.45) is 8.48. The molecule has 0 saturated heterocycles. The number of nitrogens with zero attached hydrogens (tertiary/aromatic N) is 3. The van der Waals surface area contributed by atoms with Crippen LogP contribution in [0.15, 0.2) is 133 Å². The first-order valence-electron chi connectivity index (χ1n) is 23.2. The first-order valence-corrected chi connectivity index (χ1v) is 23.2. The lowest BCUT2D eigenvalue weighted by atomic mass is 9.77. The van der Waals surface area contributed by atoms with Crippen molar-refractivity contribution in [3.05, 3.63) is 167 Å². The molecule has 0 saturated carbocycles. The molecule has 0 bridgehead atoms. The molecule has 4 heteroatoms. The molecule has 0 fully saturated rings. The maximum absolute atomic E-state index is 7.21. The summed E-state index contributed by atoms with van der Waals surface area (Å²) in [4.78, 5) is 5.49. The van der Waals surface area contributed by atoms with E-state index in [2.05, 4.69) is 193 Å². The summed E-state index contributed by atoms with van der Waals surface area (Å²) >= 11 is 0. The van der Waals surface area contributed by atoms with Crippen LogP contribution in [-0.2, 0) is 12.8 Å². The fourth-order valence-electron chi connectivity index (χ4n) is 11.0. The summed E-state index contributed by atoms with van der Waals surface area (Å²) in [5.74, 6) is 0.878. The highest BCUT2D eigenvalue weighted by atomic mass is 16.3. The average Bonchev–Trinajstić information content (AvgIpc) is 3.63. The van der Waals surface area contributed by atoms with E-state index in [0.717, 1.165) is 64.7 Å². The van der Waals surface area contributed by atoms with Crippen LogP contribution < -0.4 is 9.13 Å². The number of allylic oxidation sites excluding steroid dienone is 1. The summed E-state index contributed by atoms with van der Waals surface area (Å²) in [6, 6.07) is 40.9. The van der Waals surface area contributed by atoms with E-state index in [1.54, 1.807) is 0 Å². The molecule has 0 amide bonds. The maximum Gasteiger partial charge on any atom is 0.227 e. The van der Waals surface area contributed by atoms with E-state index in [4.69, 9.17) is 16.0 Å². The maximum atomic E-state index is 7.21. The highest BCUT2D eigenvalue weighted by Crippen LogP contribution is 2.47. The van der Waals surface area contributed by atoms with E-state index in [-0.39, 0.29) is 23.3 Å². The van der Waals surface area contributed by atoms with Gasteiger partial charge in [-0.2, -0.15) is 9.13 Å².